The number of benzene rings is 2. The molecule has 3 atom stereocenters. The van der Waals surface area contributed by atoms with E-state index in [9.17, 15) is 14.7 Å². The lowest BCUT2D eigenvalue weighted by molar-refractivity contribution is -0.166. The fourth-order valence-corrected chi connectivity index (χ4v) is 4.90. The third-order valence-corrected chi connectivity index (χ3v) is 6.86. The average molecular weight is 536 g/mol. The number of aliphatic hydroxyl groups is 1. The van der Waals surface area contributed by atoms with Crippen LogP contribution in [0.2, 0.25) is 0 Å². The summed E-state index contributed by atoms with van der Waals surface area (Å²) in [6.45, 7) is 2.76. The number of para-hydroxylation sites is 3. The summed E-state index contributed by atoms with van der Waals surface area (Å²) >= 11 is 0. The fraction of sp³-hybridized carbons (Fsp3) is 0.400. The van der Waals surface area contributed by atoms with Gasteiger partial charge >= 0.3 is 0 Å². The van der Waals surface area contributed by atoms with Crippen LogP contribution in [0.15, 0.2) is 71.0 Å². The molecule has 0 bridgehead atoms. The highest BCUT2D eigenvalue weighted by Gasteiger charge is 2.39. The van der Waals surface area contributed by atoms with Crippen molar-refractivity contribution in [3.63, 3.8) is 0 Å². The van der Waals surface area contributed by atoms with Gasteiger partial charge in [-0.2, -0.15) is 0 Å². The molecule has 0 saturated carbocycles. The minimum atomic E-state index is -0.639. The van der Waals surface area contributed by atoms with E-state index in [1.54, 1.807) is 18.4 Å². The molecule has 0 fully saturated rings. The predicted molar refractivity (Wildman–Crippen MR) is 150 cm³/mol. The van der Waals surface area contributed by atoms with Gasteiger partial charge in [0.15, 0.2) is 5.76 Å². The van der Waals surface area contributed by atoms with Crippen LogP contribution in [0.25, 0.3) is 11.0 Å². The van der Waals surface area contributed by atoms with Gasteiger partial charge in [0, 0.05) is 49.0 Å². The number of nitrogens with two attached hydrogens (primary N) is 1. The fourth-order valence-electron chi connectivity index (χ4n) is 4.90. The van der Waals surface area contributed by atoms with Gasteiger partial charge in [0.05, 0.1) is 17.6 Å². The van der Waals surface area contributed by atoms with Gasteiger partial charge in [0.1, 0.15) is 5.58 Å². The standard InChI is InChI=1S/C30H37N3O6/c1-2-37-30-21(11-9-17-34)22(23-19-38-26-14-6-3-10-20(23)26)18-27(39-30)29(36)32-16-8-7-15-28(35)33-25-13-5-4-12-24(25)31/h3-6,10,12-14,18-19,21-22,30,34H,2,7-9,11,15-17,31H2,1H3,(H,32,36)(H,33,35)/t21-,22-,30+/m0/s1. The molecule has 39 heavy (non-hydrogen) atoms. The molecular formula is C30H37N3O6. The normalized spacial score (nSPS) is 18.8. The van der Waals surface area contributed by atoms with Gasteiger partial charge < -0.3 is 35.4 Å². The van der Waals surface area contributed by atoms with E-state index in [1.807, 2.05) is 49.4 Å². The third kappa shape index (κ3) is 7.19. The number of ether oxygens (including phenoxy) is 2. The number of nitrogen functional groups attached to an aromatic ring is 1. The van der Waals surface area contributed by atoms with Gasteiger partial charge in [0.2, 0.25) is 12.2 Å². The minimum Gasteiger partial charge on any atom is -0.464 e. The molecule has 1 aromatic heterocycles. The number of fused-ring (bicyclic) bond motifs is 1. The van der Waals surface area contributed by atoms with Crippen molar-refractivity contribution in [2.45, 2.75) is 51.2 Å². The first-order chi connectivity index (χ1) is 19.0. The Morgan fingerprint density at radius 2 is 1.87 bits per heavy atom. The van der Waals surface area contributed by atoms with Crippen LogP contribution >= 0.6 is 0 Å². The number of anilines is 2. The maximum atomic E-state index is 13.1. The number of hydrogen-bond donors (Lipinski definition) is 4. The second kappa shape index (κ2) is 13.8. The van der Waals surface area contributed by atoms with Crippen molar-refractivity contribution in [3.05, 3.63) is 72.2 Å². The number of aliphatic hydroxyl groups excluding tert-OH is 1. The van der Waals surface area contributed by atoms with Gasteiger partial charge in [-0.3, -0.25) is 9.59 Å². The maximum absolute atomic E-state index is 13.1. The number of amides is 2. The van der Waals surface area contributed by atoms with E-state index in [0.29, 0.717) is 56.6 Å². The van der Waals surface area contributed by atoms with E-state index in [1.165, 1.54) is 0 Å². The van der Waals surface area contributed by atoms with E-state index in [2.05, 4.69) is 10.6 Å². The zero-order valence-electron chi connectivity index (χ0n) is 22.2. The highest BCUT2D eigenvalue weighted by atomic mass is 16.7. The number of hydrogen-bond acceptors (Lipinski definition) is 7. The molecule has 4 rings (SSSR count). The first-order valence-electron chi connectivity index (χ1n) is 13.5. The first kappa shape index (κ1) is 28.2. The molecule has 208 valence electrons. The van der Waals surface area contributed by atoms with Crippen molar-refractivity contribution in [1.82, 2.24) is 5.32 Å². The molecule has 0 radical (unpaired) electrons. The molecule has 3 aromatic rings. The van der Waals surface area contributed by atoms with Crippen molar-refractivity contribution in [1.29, 1.82) is 0 Å². The zero-order valence-corrected chi connectivity index (χ0v) is 22.2. The molecule has 2 aromatic carbocycles. The predicted octanol–water partition coefficient (Wildman–Crippen LogP) is 4.69. The molecule has 0 saturated heterocycles. The zero-order chi connectivity index (χ0) is 27.6. The largest absolute Gasteiger partial charge is 0.464 e. The number of unbranched alkanes of at least 4 members (excludes halogenated alkanes) is 1. The van der Waals surface area contributed by atoms with Crippen LogP contribution in [-0.4, -0.2) is 43.0 Å². The summed E-state index contributed by atoms with van der Waals surface area (Å²) in [5.41, 5.74) is 8.71. The van der Waals surface area contributed by atoms with Crippen LogP contribution < -0.4 is 16.4 Å². The number of carbonyl (C=O) groups is 2. The summed E-state index contributed by atoms with van der Waals surface area (Å²) in [4.78, 5) is 25.3. The second-order valence-corrected chi connectivity index (χ2v) is 9.56. The SMILES string of the molecule is CCO[C@@H]1OC(C(=O)NCCCCC(=O)Nc2ccccc2N)=C[C@H](c2coc3ccccc23)[C@@H]1CCCO. The Bertz CT molecular complexity index is 1290. The topological polar surface area (TPSA) is 136 Å². The van der Waals surface area contributed by atoms with E-state index in [0.717, 1.165) is 16.5 Å². The van der Waals surface area contributed by atoms with Crippen molar-refractivity contribution in [3.8, 4) is 0 Å². The Hall–Kier alpha value is -3.82. The molecule has 0 spiro atoms. The summed E-state index contributed by atoms with van der Waals surface area (Å²) in [7, 11) is 0. The van der Waals surface area contributed by atoms with Crippen molar-refractivity contribution >= 4 is 34.2 Å². The van der Waals surface area contributed by atoms with Crippen LogP contribution in [0, 0.1) is 5.92 Å². The lowest BCUT2D eigenvalue weighted by Gasteiger charge is -2.36. The summed E-state index contributed by atoms with van der Waals surface area (Å²) < 4.78 is 17.8. The number of allylic oxidation sites excluding steroid dienone is 1. The van der Waals surface area contributed by atoms with Gasteiger partial charge in [-0.25, -0.2) is 0 Å². The van der Waals surface area contributed by atoms with Crippen molar-refractivity contribution in [2.75, 3.05) is 30.8 Å². The second-order valence-electron chi connectivity index (χ2n) is 9.56. The van der Waals surface area contributed by atoms with Gasteiger partial charge in [-0.05, 0) is 56.9 Å². The maximum Gasteiger partial charge on any atom is 0.286 e. The van der Waals surface area contributed by atoms with E-state index < -0.39 is 6.29 Å². The Balaban J connectivity index is 1.39. The smallest absolute Gasteiger partial charge is 0.286 e. The lowest BCUT2D eigenvalue weighted by atomic mass is 9.80. The summed E-state index contributed by atoms with van der Waals surface area (Å²) in [6, 6.07) is 14.9. The van der Waals surface area contributed by atoms with E-state index >= 15 is 0 Å². The Labute approximate surface area is 228 Å². The Morgan fingerprint density at radius 1 is 1.08 bits per heavy atom. The highest BCUT2D eigenvalue weighted by Crippen LogP contribution is 2.42. The van der Waals surface area contributed by atoms with E-state index in [-0.39, 0.29) is 36.0 Å². The summed E-state index contributed by atoms with van der Waals surface area (Å²) in [5, 5.41) is 16.2. The third-order valence-electron chi connectivity index (χ3n) is 6.86. The van der Waals surface area contributed by atoms with Crippen LogP contribution in [0.3, 0.4) is 0 Å². The molecule has 0 aliphatic carbocycles. The molecule has 1 aliphatic rings. The molecular weight excluding hydrogens is 498 g/mol. The van der Waals surface area contributed by atoms with Gasteiger partial charge in [-0.15, -0.1) is 0 Å². The first-order valence-corrected chi connectivity index (χ1v) is 13.5. The average Bonchev–Trinajstić information content (AvgIpc) is 3.37. The number of furan rings is 1. The highest BCUT2D eigenvalue weighted by molar-refractivity contribution is 5.94. The molecule has 9 nitrogen and oxygen atoms in total. The van der Waals surface area contributed by atoms with Crippen LogP contribution in [0.1, 0.15) is 50.5 Å². The monoisotopic (exact) mass is 535 g/mol. The number of nitrogens with one attached hydrogen (secondary N) is 2. The Morgan fingerprint density at radius 3 is 2.67 bits per heavy atom. The van der Waals surface area contributed by atoms with Crippen molar-refractivity contribution in [2.24, 2.45) is 5.92 Å². The molecule has 2 heterocycles. The minimum absolute atomic E-state index is 0.0576. The quantitative estimate of drug-likeness (QED) is 0.184. The molecule has 2 amide bonds. The van der Waals surface area contributed by atoms with Crippen LogP contribution in [-0.2, 0) is 19.1 Å². The molecule has 9 heteroatoms. The number of carbonyl (C=O) groups excluding carboxylic acids is 2. The molecule has 1 aliphatic heterocycles. The molecule has 5 N–H and O–H groups in total. The van der Waals surface area contributed by atoms with E-state index in [4.69, 9.17) is 19.6 Å². The Kier molecular flexibility index (Phi) is 9.99. The van der Waals surface area contributed by atoms with Crippen LogP contribution in [0.4, 0.5) is 11.4 Å². The van der Waals surface area contributed by atoms with Gasteiger partial charge in [-0.1, -0.05) is 30.3 Å². The summed E-state index contributed by atoms with van der Waals surface area (Å²) in [6.07, 6.45) is 5.72. The summed E-state index contributed by atoms with van der Waals surface area (Å²) in [5.74, 6) is -0.561. The molecule has 0 unspecified atom stereocenters. The van der Waals surface area contributed by atoms with Crippen LogP contribution in [0.5, 0.6) is 0 Å². The lowest BCUT2D eigenvalue weighted by Crippen LogP contribution is -2.39. The van der Waals surface area contributed by atoms with Gasteiger partial charge in [0.25, 0.3) is 5.91 Å². The van der Waals surface area contributed by atoms with Crippen molar-refractivity contribution < 1.29 is 28.6 Å². The number of rotatable bonds is 13.